The fourth-order valence-electron chi connectivity index (χ4n) is 2.37. The summed E-state index contributed by atoms with van der Waals surface area (Å²) in [5.74, 6) is 0.185. The third-order valence-electron chi connectivity index (χ3n) is 3.53. The molecule has 0 bridgehead atoms. The molecule has 1 heterocycles. The number of carbonyl (C=O) groups is 1. The Morgan fingerprint density at radius 2 is 2.26 bits per heavy atom. The lowest BCUT2D eigenvalue weighted by Crippen LogP contribution is -2.44. The van der Waals surface area contributed by atoms with Crippen molar-refractivity contribution in [1.29, 1.82) is 0 Å². The van der Waals surface area contributed by atoms with Crippen molar-refractivity contribution in [2.24, 2.45) is 0 Å². The monoisotopic (exact) mass is 263 g/mol. The fourth-order valence-corrected chi connectivity index (χ4v) is 2.37. The molecule has 0 spiro atoms. The lowest BCUT2D eigenvalue weighted by atomic mass is 10.0. The number of hydrogen-bond acceptors (Lipinski definition) is 4. The first-order valence-corrected chi connectivity index (χ1v) is 6.74. The average Bonchev–Trinajstić information content (AvgIpc) is 2.45. The van der Waals surface area contributed by atoms with E-state index in [2.05, 4.69) is 4.90 Å². The van der Waals surface area contributed by atoms with Gasteiger partial charge in [0.2, 0.25) is 0 Å². The van der Waals surface area contributed by atoms with Gasteiger partial charge in [0, 0.05) is 31.6 Å². The maximum Gasteiger partial charge on any atom is 0.164 e. The summed E-state index contributed by atoms with van der Waals surface area (Å²) >= 11 is 0. The Morgan fingerprint density at radius 3 is 3.00 bits per heavy atom. The van der Waals surface area contributed by atoms with E-state index in [0.29, 0.717) is 19.6 Å². The quantitative estimate of drug-likeness (QED) is 0.813. The molecule has 1 atom stereocenters. The molecule has 0 saturated carbocycles. The summed E-state index contributed by atoms with van der Waals surface area (Å²) in [5, 5.41) is 9.08. The fraction of sp³-hybridized carbons (Fsp3) is 0.533. The third kappa shape index (κ3) is 3.86. The Morgan fingerprint density at radius 1 is 1.47 bits per heavy atom. The molecular weight excluding hydrogens is 242 g/mol. The third-order valence-corrected chi connectivity index (χ3v) is 3.53. The number of nitrogens with zero attached hydrogens (tertiary/aromatic N) is 1. The van der Waals surface area contributed by atoms with Crippen LogP contribution < -0.4 is 0 Å². The number of ketones is 1. The number of aryl methyl sites for hydroxylation is 1. The minimum atomic E-state index is -0.109. The van der Waals surface area contributed by atoms with E-state index >= 15 is 0 Å². The van der Waals surface area contributed by atoms with Gasteiger partial charge < -0.3 is 9.84 Å². The second-order valence-electron chi connectivity index (χ2n) is 4.96. The van der Waals surface area contributed by atoms with Gasteiger partial charge in [-0.3, -0.25) is 9.69 Å². The van der Waals surface area contributed by atoms with Crippen molar-refractivity contribution < 1.29 is 14.6 Å². The number of aliphatic hydroxyl groups excluding tert-OH is 1. The van der Waals surface area contributed by atoms with Crippen LogP contribution in [0, 0.1) is 6.92 Å². The van der Waals surface area contributed by atoms with Crippen LogP contribution in [0.1, 0.15) is 22.3 Å². The van der Waals surface area contributed by atoms with E-state index in [1.54, 1.807) is 0 Å². The zero-order valence-corrected chi connectivity index (χ0v) is 11.3. The van der Waals surface area contributed by atoms with Crippen LogP contribution in [0.3, 0.4) is 0 Å². The molecule has 1 aromatic rings. The first kappa shape index (κ1) is 14.2. The predicted molar refractivity (Wildman–Crippen MR) is 73.4 cm³/mol. The Bertz CT molecular complexity index is 433. The highest BCUT2D eigenvalue weighted by atomic mass is 16.5. The van der Waals surface area contributed by atoms with Crippen molar-refractivity contribution in [2.75, 3.05) is 32.8 Å². The smallest absolute Gasteiger partial charge is 0.164 e. The van der Waals surface area contributed by atoms with E-state index in [-0.39, 0.29) is 18.5 Å². The van der Waals surface area contributed by atoms with Crippen molar-refractivity contribution in [1.82, 2.24) is 4.90 Å². The average molecular weight is 263 g/mol. The number of Topliss-reactive ketones (excluding diaryl/α,β-unsaturated/α-hetero) is 1. The maximum atomic E-state index is 12.2. The second kappa shape index (κ2) is 6.80. The van der Waals surface area contributed by atoms with Crippen LogP contribution in [0.25, 0.3) is 0 Å². The van der Waals surface area contributed by atoms with Gasteiger partial charge >= 0.3 is 0 Å². The molecule has 1 unspecified atom stereocenters. The molecule has 1 N–H and O–H groups in total. The molecule has 2 rings (SSSR count). The number of hydrogen-bond donors (Lipinski definition) is 1. The Labute approximate surface area is 114 Å². The molecule has 4 heteroatoms. The molecule has 1 saturated heterocycles. The van der Waals surface area contributed by atoms with E-state index in [0.717, 1.165) is 24.2 Å². The standard InChI is InChI=1S/C15H21NO3/c1-12-4-2-3-5-14(12)15(18)6-7-16-8-9-19-13(10-16)11-17/h2-5,13,17H,6-11H2,1H3. The first-order chi connectivity index (χ1) is 9.20. The van der Waals surface area contributed by atoms with Crippen LogP contribution in [-0.2, 0) is 4.74 Å². The molecule has 1 aliphatic rings. The number of ether oxygens (including phenoxy) is 1. The number of benzene rings is 1. The highest BCUT2D eigenvalue weighted by Crippen LogP contribution is 2.11. The zero-order valence-electron chi connectivity index (χ0n) is 11.3. The summed E-state index contributed by atoms with van der Waals surface area (Å²) < 4.78 is 5.39. The molecule has 0 aliphatic carbocycles. The first-order valence-electron chi connectivity index (χ1n) is 6.74. The van der Waals surface area contributed by atoms with Gasteiger partial charge in [0.05, 0.1) is 19.3 Å². The van der Waals surface area contributed by atoms with Gasteiger partial charge in [0.25, 0.3) is 0 Å². The summed E-state index contributed by atoms with van der Waals surface area (Å²) in [7, 11) is 0. The minimum Gasteiger partial charge on any atom is -0.394 e. The van der Waals surface area contributed by atoms with Gasteiger partial charge in [0.15, 0.2) is 5.78 Å². The van der Waals surface area contributed by atoms with E-state index < -0.39 is 0 Å². The molecule has 1 aliphatic heterocycles. The second-order valence-corrected chi connectivity index (χ2v) is 4.96. The van der Waals surface area contributed by atoms with E-state index in [9.17, 15) is 4.79 Å². The number of morpholine rings is 1. The summed E-state index contributed by atoms with van der Waals surface area (Å²) in [6.45, 7) is 4.90. The summed E-state index contributed by atoms with van der Waals surface area (Å²) in [4.78, 5) is 14.3. The van der Waals surface area contributed by atoms with Crippen molar-refractivity contribution in [2.45, 2.75) is 19.4 Å². The largest absolute Gasteiger partial charge is 0.394 e. The molecule has 0 amide bonds. The van der Waals surface area contributed by atoms with Gasteiger partial charge in [0.1, 0.15) is 0 Å². The van der Waals surface area contributed by atoms with Gasteiger partial charge in [-0.15, -0.1) is 0 Å². The SMILES string of the molecule is Cc1ccccc1C(=O)CCN1CCOC(CO)C1. The van der Waals surface area contributed by atoms with E-state index in [1.165, 1.54) is 0 Å². The Hall–Kier alpha value is -1.23. The molecule has 0 radical (unpaired) electrons. The summed E-state index contributed by atoms with van der Waals surface area (Å²) in [5.41, 5.74) is 1.84. The highest BCUT2D eigenvalue weighted by Gasteiger charge is 2.20. The number of rotatable bonds is 5. The minimum absolute atomic E-state index is 0.0439. The van der Waals surface area contributed by atoms with E-state index in [4.69, 9.17) is 9.84 Å². The van der Waals surface area contributed by atoms with Gasteiger partial charge in [-0.1, -0.05) is 24.3 Å². The topological polar surface area (TPSA) is 49.8 Å². The molecule has 19 heavy (non-hydrogen) atoms. The summed E-state index contributed by atoms with van der Waals surface area (Å²) in [6.07, 6.45) is 0.408. The van der Waals surface area contributed by atoms with E-state index in [1.807, 2.05) is 31.2 Å². The van der Waals surface area contributed by atoms with Crippen LogP contribution >= 0.6 is 0 Å². The van der Waals surface area contributed by atoms with Crippen LogP contribution in [0.5, 0.6) is 0 Å². The van der Waals surface area contributed by atoms with Crippen LogP contribution in [0.4, 0.5) is 0 Å². The highest BCUT2D eigenvalue weighted by molar-refractivity contribution is 5.97. The Kier molecular flexibility index (Phi) is 5.07. The van der Waals surface area contributed by atoms with Crippen molar-refractivity contribution in [3.8, 4) is 0 Å². The van der Waals surface area contributed by atoms with Crippen LogP contribution in [-0.4, -0.2) is 54.7 Å². The summed E-state index contributed by atoms with van der Waals surface area (Å²) in [6, 6.07) is 7.69. The molecule has 104 valence electrons. The lowest BCUT2D eigenvalue weighted by Gasteiger charge is -2.31. The molecule has 1 aromatic carbocycles. The number of carbonyl (C=O) groups excluding carboxylic acids is 1. The van der Waals surface area contributed by atoms with Crippen LogP contribution in [0.2, 0.25) is 0 Å². The van der Waals surface area contributed by atoms with Gasteiger partial charge in [-0.25, -0.2) is 0 Å². The molecule has 0 aromatic heterocycles. The van der Waals surface area contributed by atoms with Crippen molar-refractivity contribution in [3.05, 3.63) is 35.4 Å². The predicted octanol–water partition coefficient (Wildman–Crippen LogP) is 1.26. The Balaban J connectivity index is 1.85. The molecule has 1 fully saturated rings. The number of aliphatic hydroxyl groups is 1. The van der Waals surface area contributed by atoms with Gasteiger partial charge in [-0.2, -0.15) is 0 Å². The lowest BCUT2D eigenvalue weighted by molar-refractivity contribution is -0.0523. The van der Waals surface area contributed by atoms with Crippen molar-refractivity contribution in [3.63, 3.8) is 0 Å². The van der Waals surface area contributed by atoms with Crippen LogP contribution in [0.15, 0.2) is 24.3 Å². The zero-order chi connectivity index (χ0) is 13.7. The molecular formula is C15H21NO3. The van der Waals surface area contributed by atoms with Gasteiger partial charge in [-0.05, 0) is 12.5 Å². The molecule has 4 nitrogen and oxygen atoms in total. The van der Waals surface area contributed by atoms with Crippen molar-refractivity contribution >= 4 is 5.78 Å². The normalized spacial score (nSPS) is 20.4. The maximum absolute atomic E-state index is 12.2.